The molecule has 0 atom stereocenters. The van der Waals surface area contributed by atoms with Gasteiger partial charge in [-0.1, -0.05) is 72.8 Å². The first-order valence-corrected chi connectivity index (χ1v) is 16.9. The lowest BCUT2D eigenvalue weighted by Gasteiger charge is -2.07. The van der Waals surface area contributed by atoms with Crippen LogP contribution in [0.5, 0.6) is 0 Å². The molecule has 0 aliphatic heterocycles. The molecule has 54 heavy (non-hydrogen) atoms. The lowest BCUT2D eigenvalue weighted by molar-refractivity contribution is -0.138. The molecule has 264 valence electrons. The molecule has 0 spiro atoms. The smallest absolute Gasteiger partial charge is 0.166 e. The number of benzene rings is 7. The average Bonchev–Trinajstić information content (AvgIpc) is 3.73. The van der Waals surface area contributed by atoms with Crippen LogP contribution in [0.25, 0.3) is 82.9 Å². The Morgan fingerprint density at radius 1 is 0.259 bits per heavy atom. The SMILES string of the molecule is FC(F)(F)c1ccc(C=c2c3ccc4c(=Cc5ccc(C(F)(F)F)cc5)c5ccc6c(=Cc7ccc(C(F)(F)F)cc7)c7ccc2c2c3c4c5c6c72)cc1. The molecule has 0 bridgehead atoms. The Hall–Kier alpha value is -6.09. The Morgan fingerprint density at radius 3 is 0.611 bits per heavy atom. The van der Waals surface area contributed by atoms with Gasteiger partial charge in [0.2, 0.25) is 0 Å². The third-order valence-electron chi connectivity index (χ3n) is 10.8. The third-order valence-corrected chi connectivity index (χ3v) is 10.8. The maximum Gasteiger partial charge on any atom is 0.416 e. The highest BCUT2D eigenvalue weighted by atomic mass is 19.4. The van der Waals surface area contributed by atoms with E-state index in [2.05, 4.69) is 0 Å². The minimum Gasteiger partial charge on any atom is -0.166 e. The Labute approximate surface area is 298 Å². The molecule has 9 heteroatoms. The summed E-state index contributed by atoms with van der Waals surface area (Å²) in [6.45, 7) is 0. The summed E-state index contributed by atoms with van der Waals surface area (Å²) in [5.41, 5.74) is -0.493. The second-order valence-electron chi connectivity index (χ2n) is 13.8. The molecule has 0 aliphatic carbocycles. The van der Waals surface area contributed by atoms with Gasteiger partial charge in [0.15, 0.2) is 0 Å². The summed E-state index contributed by atoms with van der Waals surface area (Å²) in [6, 6.07) is 26.9. The molecule has 0 heterocycles. The van der Waals surface area contributed by atoms with Crippen molar-refractivity contribution < 1.29 is 39.5 Å². The van der Waals surface area contributed by atoms with Crippen LogP contribution in [0.4, 0.5) is 39.5 Å². The van der Waals surface area contributed by atoms with Gasteiger partial charge in [-0.3, -0.25) is 0 Å². The number of rotatable bonds is 3. The molecule has 0 saturated heterocycles. The topological polar surface area (TPSA) is 0 Å². The van der Waals surface area contributed by atoms with Gasteiger partial charge in [-0.05, 0) is 152 Å². The third kappa shape index (κ3) is 4.66. The second kappa shape index (κ2) is 10.7. The summed E-state index contributed by atoms with van der Waals surface area (Å²) in [7, 11) is 0. The van der Waals surface area contributed by atoms with Crippen molar-refractivity contribution >= 4 is 82.9 Å². The molecular weight excluding hydrogens is 711 g/mol. The first-order valence-electron chi connectivity index (χ1n) is 16.9. The molecule has 0 fully saturated rings. The first kappa shape index (κ1) is 32.6. The lowest BCUT2D eigenvalue weighted by atomic mass is 9.95. The van der Waals surface area contributed by atoms with E-state index in [-0.39, 0.29) is 0 Å². The quantitative estimate of drug-likeness (QED) is 0.125. The average molecular weight is 733 g/mol. The van der Waals surface area contributed by atoms with E-state index < -0.39 is 35.2 Å². The Balaban J connectivity index is 1.32. The van der Waals surface area contributed by atoms with E-state index in [1.54, 1.807) is 0 Å². The van der Waals surface area contributed by atoms with E-state index in [0.29, 0.717) is 16.7 Å². The molecule has 10 aromatic carbocycles. The predicted octanol–water partition coefficient (Wildman–Crippen LogP) is 11.6. The van der Waals surface area contributed by atoms with Crippen LogP contribution >= 0.6 is 0 Å². The highest BCUT2D eigenvalue weighted by Gasteiger charge is 2.32. The molecule has 0 saturated carbocycles. The van der Waals surface area contributed by atoms with Gasteiger partial charge in [-0.2, -0.15) is 39.5 Å². The zero-order chi connectivity index (χ0) is 37.5. The highest BCUT2D eigenvalue weighted by Crippen LogP contribution is 2.48. The van der Waals surface area contributed by atoms with E-state index >= 15 is 0 Å². The van der Waals surface area contributed by atoms with Crippen LogP contribution in [0.3, 0.4) is 0 Å². The molecule has 0 aromatic heterocycles. The van der Waals surface area contributed by atoms with Gasteiger partial charge >= 0.3 is 18.5 Å². The molecular formula is C45H21F9. The van der Waals surface area contributed by atoms with Crippen LogP contribution in [-0.4, -0.2) is 0 Å². The van der Waals surface area contributed by atoms with Gasteiger partial charge in [0.1, 0.15) is 0 Å². The van der Waals surface area contributed by atoms with Crippen molar-refractivity contribution in [1.82, 2.24) is 0 Å². The highest BCUT2D eigenvalue weighted by molar-refractivity contribution is 6.47. The molecule has 0 nitrogen and oxygen atoms in total. The van der Waals surface area contributed by atoms with E-state index in [0.717, 1.165) is 117 Å². The van der Waals surface area contributed by atoms with Crippen molar-refractivity contribution in [2.24, 2.45) is 0 Å². The van der Waals surface area contributed by atoms with Crippen molar-refractivity contribution in [2.75, 3.05) is 0 Å². The Morgan fingerprint density at radius 2 is 0.444 bits per heavy atom. The monoisotopic (exact) mass is 732 g/mol. The van der Waals surface area contributed by atoms with Crippen LogP contribution in [0.15, 0.2) is 109 Å². The molecule has 10 aromatic rings. The zero-order valence-electron chi connectivity index (χ0n) is 27.5. The Bertz CT molecular complexity index is 2720. The molecule has 0 radical (unpaired) electrons. The number of hydrogen-bond donors (Lipinski definition) is 0. The van der Waals surface area contributed by atoms with Crippen LogP contribution in [-0.2, 0) is 18.5 Å². The minimum absolute atomic E-state index is 0.585. The van der Waals surface area contributed by atoms with Gasteiger partial charge in [0, 0.05) is 0 Å². The maximum atomic E-state index is 13.4. The van der Waals surface area contributed by atoms with Crippen LogP contribution in [0, 0.1) is 0 Å². The summed E-state index contributed by atoms with van der Waals surface area (Å²) in [5.74, 6) is 0. The zero-order valence-corrected chi connectivity index (χ0v) is 27.5. The summed E-state index contributed by atoms with van der Waals surface area (Å²) in [4.78, 5) is 0. The van der Waals surface area contributed by atoms with Crippen molar-refractivity contribution in [3.8, 4) is 0 Å². The lowest BCUT2D eigenvalue weighted by Crippen LogP contribution is -2.05. The van der Waals surface area contributed by atoms with Gasteiger partial charge in [0.25, 0.3) is 0 Å². The van der Waals surface area contributed by atoms with Crippen LogP contribution in [0.2, 0.25) is 0 Å². The fraction of sp³-hybridized carbons (Fsp3) is 0.0667. The van der Waals surface area contributed by atoms with Crippen LogP contribution in [0.1, 0.15) is 33.4 Å². The summed E-state index contributed by atoms with van der Waals surface area (Å²) < 4.78 is 120. The van der Waals surface area contributed by atoms with Crippen molar-refractivity contribution in [3.05, 3.63) is 158 Å². The molecule has 0 N–H and O–H groups in total. The van der Waals surface area contributed by atoms with Crippen molar-refractivity contribution in [3.63, 3.8) is 0 Å². The fourth-order valence-electron chi connectivity index (χ4n) is 8.42. The fourth-order valence-corrected chi connectivity index (χ4v) is 8.42. The summed E-state index contributed by atoms with van der Waals surface area (Å²) in [5, 5.41) is 13.7. The van der Waals surface area contributed by atoms with Gasteiger partial charge < -0.3 is 0 Å². The van der Waals surface area contributed by atoms with Gasteiger partial charge in [-0.15, -0.1) is 0 Å². The van der Waals surface area contributed by atoms with E-state index in [4.69, 9.17) is 0 Å². The van der Waals surface area contributed by atoms with E-state index in [9.17, 15) is 39.5 Å². The molecule has 0 unspecified atom stereocenters. The predicted molar refractivity (Wildman–Crippen MR) is 196 cm³/mol. The number of hydrogen-bond acceptors (Lipinski definition) is 0. The largest absolute Gasteiger partial charge is 0.416 e. The Kier molecular flexibility index (Phi) is 6.48. The second-order valence-corrected chi connectivity index (χ2v) is 13.8. The van der Waals surface area contributed by atoms with E-state index in [1.165, 1.54) is 36.4 Å². The number of halogens is 9. The summed E-state index contributed by atoms with van der Waals surface area (Å²) in [6.07, 6.45) is -7.79. The van der Waals surface area contributed by atoms with E-state index in [1.807, 2.05) is 54.6 Å². The van der Waals surface area contributed by atoms with Gasteiger partial charge in [0.05, 0.1) is 16.7 Å². The standard InChI is InChI=1S/C45H21F9/c46-43(47,48)25-7-1-22(2-8-25)19-34-28-13-15-30-35(20-23-3-9-26(10-4-23)44(49,50)51)32-17-18-33-36(21-24-5-11-27(12-6-24)45(52,53)54)31-16-14-29(34)38-37(28)39(30)41(32)42(33)40(31)38/h1-21H. The maximum absolute atomic E-state index is 13.4. The molecule has 0 aliphatic rings. The first-order chi connectivity index (χ1) is 25.7. The van der Waals surface area contributed by atoms with Gasteiger partial charge in [-0.25, -0.2) is 0 Å². The molecule has 10 rings (SSSR count). The number of alkyl halides is 9. The minimum atomic E-state index is -4.48. The van der Waals surface area contributed by atoms with Crippen LogP contribution < -0.4 is 15.7 Å². The van der Waals surface area contributed by atoms with Crippen molar-refractivity contribution in [1.29, 1.82) is 0 Å². The summed E-state index contributed by atoms with van der Waals surface area (Å²) >= 11 is 0. The van der Waals surface area contributed by atoms with Crippen molar-refractivity contribution in [2.45, 2.75) is 18.5 Å². The molecule has 0 amide bonds. The normalized spacial score (nSPS) is 13.3.